The van der Waals surface area contributed by atoms with Crippen molar-refractivity contribution in [2.45, 2.75) is 32.5 Å². The number of aromatic nitrogens is 2. The van der Waals surface area contributed by atoms with Gasteiger partial charge in [0.15, 0.2) is 0 Å². The fourth-order valence-electron chi connectivity index (χ4n) is 4.24. The lowest BCUT2D eigenvalue weighted by Crippen LogP contribution is -2.49. The Morgan fingerprint density at radius 2 is 1.94 bits per heavy atom. The molecule has 2 aromatic heterocycles. The van der Waals surface area contributed by atoms with E-state index in [1.807, 2.05) is 37.3 Å². The number of carbonyl (C=O) groups is 1. The molecule has 0 unspecified atom stereocenters. The highest BCUT2D eigenvalue weighted by atomic mass is 16.5. The number of pyridine rings is 2. The zero-order valence-corrected chi connectivity index (χ0v) is 21.0. The summed E-state index contributed by atoms with van der Waals surface area (Å²) in [6, 6.07) is 15.4. The summed E-state index contributed by atoms with van der Waals surface area (Å²) < 4.78 is 6.39. The van der Waals surface area contributed by atoms with Crippen molar-refractivity contribution < 1.29 is 14.6 Å². The largest absolute Gasteiger partial charge is 0.472 e. The number of hydrogen-bond acceptors (Lipinski definition) is 6. The predicted molar refractivity (Wildman–Crippen MR) is 138 cm³/mol. The number of fused-ring (bicyclic) bond motifs is 1. The van der Waals surface area contributed by atoms with Crippen LogP contribution in [0.4, 0.5) is 0 Å². The number of hydrogen-bond donors (Lipinski definition) is 1. The molecular weight excluding hydrogens is 452 g/mol. The average molecular weight is 485 g/mol. The Morgan fingerprint density at radius 3 is 2.67 bits per heavy atom. The van der Waals surface area contributed by atoms with Crippen molar-refractivity contribution >= 4 is 5.91 Å². The number of ether oxygens (including phenoxy) is 1. The van der Waals surface area contributed by atoms with Crippen molar-refractivity contribution in [2.24, 2.45) is 5.92 Å². The first-order valence-corrected chi connectivity index (χ1v) is 12.2. The highest BCUT2D eigenvalue weighted by Gasteiger charge is 2.34. The van der Waals surface area contributed by atoms with Gasteiger partial charge < -0.3 is 14.7 Å². The van der Waals surface area contributed by atoms with Gasteiger partial charge in [0.25, 0.3) is 5.91 Å². The fraction of sp³-hybridized carbons (Fsp3) is 0.345. The molecule has 186 valence electrons. The number of benzene rings is 1. The van der Waals surface area contributed by atoms with Gasteiger partial charge in [0.05, 0.1) is 12.6 Å². The Hall–Kier alpha value is -3.73. The molecule has 7 nitrogen and oxygen atoms in total. The van der Waals surface area contributed by atoms with E-state index < -0.39 is 0 Å². The molecule has 0 saturated carbocycles. The van der Waals surface area contributed by atoms with Crippen LogP contribution in [-0.4, -0.2) is 69.7 Å². The van der Waals surface area contributed by atoms with Crippen LogP contribution in [0.3, 0.4) is 0 Å². The van der Waals surface area contributed by atoms with E-state index in [4.69, 9.17) is 4.74 Å². The molecule has 3 aromatic rings. The minimum absolute atomic E-state index is 0.0289. The minimum Gasteiger partial charge on any atom is -0.472 e. The number of rotatable bonds is 6. The highest BCUT2D eigenvalue weighted by Crippen LogP contribution is 2.27. The van der Waals surface area contributed by atoms with E-state index in [0.29, 0.717) is 30.1 Å². The van der Waals surface area contributed by atoms with Gasteiger partial charge in [-0.3, -0.25) is 14.7 Å². The van der Waals surface area contributed by atoms with E-state index in [-0.39, 0.29) is 30.6 Å². The first-order chi connectivity index (χ1) is 17.4. The Kier molecular flexibility index (Phi) is 8.32. The number of likely N-dealkylation sites (N-methyl/N-ethyl adjacent to an activating group) is 1. The molecule has 1 aliphatic rings. The second-order valence-electron chi connectivity index (χ2n) is 9.37. The van der Waals surface area contributed by atoms with Crippen LogP contribution >= 0.6 is 0 Å². The third kappa shape index (κ3) is 6.28. The molecule has 0 spiro atoms. The molecule has 0 bridgehead atoms. The van der Waals surface area contributed by atoms with Crippen molar-refractivity contribution in [3.63, 3.8) is 0 Å². The van der Waals surface area contributed by atoms with Crippen LogP contribution in [0, 0.1) is 17.8 Å². The standard InChI is InChI=1S/C29H32N4O3/c1-21-17-33(22(2)20-34)29(35)26-14-25(12-11-23-10-7-13-30-15-23)16-31-28(26)36-27(21)19-32(3)18-24-8-5-4-6-9-24/h4-10,13-16,21-22,27,34H,17-20H2,1-3H3/t21-,22+,27+/m1/s1. The van der Waals surface area contributed by atoms with Gasteiger partial charge in [-0.15, -0.1) is 0 Å². The number of nitrogens with zero attached hydrogens (tertiary/aromatic N) is 4. The van der Waals surface area contributed by atoms with E-state index in [1.165, 1.54) is 5.56 Å². The summed E-state index contributed by atoms with van der Waals surface area (Å²) in [5.74, 6) is 6.24. The normalized spacial score (nSPS) is 18.4. The Balaban J connectivity index is 1.63. The van der Waals surface area contributed by atoms with Gasteiger partial charge in [-0.2, -0.15) is 0 Å². The van der Waals surface area contributed by atoms with Crippen molar-refractivity contribution in [3.05, 3.63) is 89.4 Å². The third-order valence-electron chi connectivity index (χ3n) is 6.32. The van der Waals surface area contributed by atoms with Gasteiger partial charge in [0, 0.05) is 55.3 Å². The van der Waals surface area contributed by atoms with Crippen LogP contribution in [-0.2, 0) is 6.54 Å². The van der Waals surface area contributed by atoms with E-state index in [2.05, 4.69) is 52.8 Å². The first kappa shape index (κ1) is 25.4. The summed E-state index contributed by atoms with van der Waals surface area (Å²) in [7, 11) is 2.06. The molecule has 1 amide bonds. The molecule has 0 fully saturated rings. The molecular formula is C29H32N4O3. The molecule has 0 saturated heterocycles. The van der Waals surface area contributed by atoms with Crippen LogP contribution in [0.1, 0.15) is 40.9 Å². The van der Waals surface area contributed by atoms with Crippen molar-refractivity contribution in [1.82, 2.24) is 19.8 Å². The summed E-state index contributed by atoms with van der Waals surface area (Å²) in [6.07, 6.45) is 4.82. The zero-order valence-electron chi connectivity index (χ0n) is 21.0. The molecule has 0 aliphatic carbocycles. The molecule has 7 heteroatoms. The van der Waals surface area contributed by atoms with Crippen LogP contribution in [0.15, 0.2) is 67.1 Å². The summed E-state index contributed by atoms with van der Waals surface area (Å²) >= 11 is 0. The maximum Gasteiger partial charge on any atom is 0.259 e. The SMILES string of the molecule is C[C@@H]1CN([C@@H](C)CO)C(=O)c2cc(C#Cc3cccnc3)cnc2O[C@H]1CN(C)Cc1ccccc1. The maximum absolute atomic E-state index is 13.6. The lowest BCUT2D eigenvalue weighted by Gasteiger charge is -2.37. The van der Waals surface area contributed by atoms with Crippen LogP contribution in [0.25, 0.3) is 0 Å². The fourth-order valence-corrected chi connectivity index (χ4v) is 4.24. The van der Waals surface area contributed by atoms with Crippen molar-refractivity contribution in [1.29, 1.82) is 0 Å². The summed E-state index contributed by atoms with van der Waals surface area (Å²) in [5.41, 5.74) is 2.96. The zero-order chi connectivity index (χ0) is 25.5. The molecule has 0 radical (unpaired) electrons. The molecule has 1 aromatic carbocycles. The van der Waals surface area contributed by atoms with Crippen LogP contribution < -0.4 is 4.74 Å². The van der Waals surface area contributed by atoms with E-state index in [0.717, 1.165) is 12.1 Å². The minimum atomic E-state index is -0.335. The Labute approximate surface area is 212 Å². The third-order valence-corrected chi connectivity index (χ3v) is 6.32. The number of aliphatic hydroxyl groups is 1. The summed E-state index contributed by atoms with van der Waals surface area (Å²) in [5, 5.41) is 9.86. The van der Waals surface area contributed by atoms with Crippen LogP contribution in [0.5, 0.6) is 5.88 Å². The number of amides is 1. The molecule has 3 atom stereocenters. The van der Waals surface area contributed by atoms with E-state index in [1.54, 1.807) is 29.6 Å². The summed E-state index contributed by atoms with van der Waals surface area (Å²) in [4.78, 5) is 26.1. The smallest absolute Gasteiger partial charge is 0.259 e. The lowest BCUT2D eigenvalue weighted by molar-refractivity contribution is 0.0325. The van der Waals surface area contributed by atoms with Gasteiger partial charge in [-0.05, 0) is 37.7 Å². The van der Waals surface area contributed by atoms with E-state index in [9.17, 15) is 9.90 Å². The van der Waals surface area contributed by atoms with Crippen molar-refractivity contribution in [2.75, 3.05) is 26.7 Å². The Bertz CT molecular complexity index is 1220. The van der Waals surface area contributed by atoms with Crippen LogP contribution in [0.2, 0.25) is 0 Å². The average Bonchev–Trinajstić information content (AvgIpc) is 2.90. The second-order valence-corrected chi connectivity index (χ2v) is 9.37. The monoisotopic (exact) mass is 484 g/mol. The quantitative estimate of drug-likeness (QED) is 0.542. The van der Waals surface area contributed by atoms with E-state index >= 15 is 0 Å². The number of carbonyl (C=O) groups excluding carboxylic acids is 1. The highest BCUT2D eigenvalue weighted by molar-refractivity contribution is 5.97. The van der Waals surface area contributed by atoms with Gasteiger partial charge in [0.1, 0.15) is 11.7 Å². The molecule has 3 heterocycles. The molecule has 1 N–H and O–H groups in total. The molecule has 1 aliphatic heterocycles. The predicted octanol–water partition coefficient (Wildman–Crippen LogP) is 3.23. The van der Waals surface area contributed by atoms with Crippen molar-refractivity contribution in [3.8, 4) is 17.7 Å². The maximum atomic E-state index is 13.6. The molecule has 4 rings (SSSR count). The number of aliphatic hydroxyl groups excluding tert-OH is 1. The van der Waals surface area contributed by atoms with Gasteiger partial charge in [-0.1, -0.05) is 49.1 Å². The van der Waals surface area contributed by atoms with Gasteiger partial charge in [-0.25, -0.2) is 4.98 Å². The van der Waals surface area contributed by atoms with Gasteiger partial charge in [0.2, 0.25) is 5.88 Å². The summed E-state index contributed by atoms with van der Waals surface area (Å²) in [6.45, 7) is 5.71. The second kappa shape index (κ2) is 11.8. The first-order valence-electron chi connectivity index (χ1n) is 12.2. The lowest BCUT2D eigenvalue weighted by atomic mass is 9.99. The van der Waals surface area contributed by atoms with Gasteiger partial charge >= 0.3 is 0 Å². The topological polar surface area (TPSA) is 78.8 Å². The Morgan fingerprint density at radius 1 is 1.17 bits per heavy atom. The molecule has 36 heavy (non-hydrogen) atoms.